The lowest BCUT2D eigenvalue weighted by Gasteiger charge is -1.94. The number of nitriles is 1. The first-order chi connectivity index (χ1) is 5.15. The summed E-state index contributed by atoms with van der Waals surface area (Å²) < 4.78 is 0.837. The van der Waals surface area contributed by atoms with Crippen molar-refractivity contribution in [1.82, 2.24) is 4.98 Å². The van der Waals surface area contributed by atoms with Crippen molar-refractivity contribution >= 4 is 27.3 Å². The van der Waals surface area contributed by atoms with Crippen LogP contribution in [0.2, 0.25) is 0 Å². The molecule has 0 radical (unpaired) electrons. The van der Waals surface area contributed by atoms with Gasteiger partial charge in [-0.3, -0.25) is 0 Å². The molecule has 11 heavy (non-hydrogen) atoms. The molecule has 0 aliphatic rings. The number of rotatable bonds is 1. The molecule has 0 N–H and O–H groups in total. The van der Waals surface area contributed by atoms with Gasteiger partial charge in [-0.2, -0.15) is 5.26 Å². The zero-order chi connectivity index (χ0) is 8.43. The molecular formula is C7H7BrN2S. The zero-order valence-electron chi connectivity index (χ0n) is 6.26. The van der Waals surface area contributed by atoms with Crippen molar-refractivity contribution in [3.8, 4) is 6.07 Å². The van der Waals surface area contributed by atoms with Crippen molar-refractivity contribution in [2.45, 2.75) is 19.8 Å². The van der Waals surface area contributed by atoms with E-state index in [9.17, 15) is 0 Å². The van der Waals surface area contributed by atoms with Gasteiger partial charge in [0.25, 0.3) is 0 Å². The first-order valence-electron chi connectivity index (χ1n) is 3.21. The van der Waals surface area contributed by atoms with Gasteiger partial charge < -0.3 is 0 Å². The number of halogens is 1. The highest BCUT2D eigenvalue weighted by Gasteiger charge is 2.09. The van der Waals surface area contributed by atoms with Gasteiger partial charge in [0.15, 0.2) is 5.69 Å². The standard InChI is InChI=1S/C7H7BrN2S/c1-4(2)7-10-5(3-9)6(8)11-7/h4H,1-2H3. The summed E-state index contributed by atoms with van der Waals surface area (Å²) in [4.78, 5) is 4.14. The minimum absolute atomic E-state index is 0.401. The molecule has 4 heteroatoms. The van der Waals surface area contributed by atoms with Crippen LogP contribution >= 0.6 is 27.3 Å². The van der Waals surface area contributed by atoms with E-state index in [1.54, 1.807) is 0 Å². The highest BCUT2D eigenvalue weighted by molar-refractivity contribution is 9.11. The largest absolute Gasteiger partial charge is 0.229 e. The van der Waals surface area contributed by atoms with Gasteiger partial charge >= 0.3 is 0 Å². The molecule has 0 saturated carbocycles. The molecule has 58 valence electrons. The Morgan fingerprint density at radius 1 is 1.64 bits per heavy atom. The van der Waals surface area contributed by atoms with Crippen molar-refractivity contribution < 1.29 is 0 Å². The highest BCUT2D eigenvalue weighted by Crippen LogP contribution is 2.28. The lowest BCUT2D eigenvalue weighted by molar-refractivity contribution is 0.850. The fraction of sp³-hybridized carbons (Fsp3) is 0.429. The quantitative estimate of drug-likeness (QED) is 0.745. The van der Waals surface area contributed by atoms with E-state index in [2.05, 4.69) is 34.8 Å². The first-order valence-corrected chi connectivity index (χ1v) is 4.82. The third-order valence-electron chi connectivity index (χ3n) is 1.20. The third kappa shape index (κ3) is 1.79. The normalized spacial score (nSPS) is 10.1. The molecule has 1 aromatic heterocycles. The van der Waals surface area contributed by atoms with Gasteiger partial charge in [0, 0.05) is 5.92 Å². The van der Waals surface area contributed by atoms with Crippen LogP contribution in [0.25, 0.3) is 0 Å². The molecule has 0 aromatic carbocycles. The van der Waals surface area contributed by atoms with Crippen LogP contribution in [0, 0.1) is 11.3 Å². The Morgan fingerprint density at radius 3 is 2.55 bits per heavy atom. The number of hydrogen-bond acceptors (Lipinski definition) is 3. The molecule has 1 heterocycles. The molecule has 1 rings (SSSR count). The van der Waals surface area contributed by atoms with E-state index in [4.69, 9.17) is 5.26 Å². The third-order valence-corrected chi connectivity index (χ3v) is 3.21. The smallest absolute Gasteiger partial charge is 0.165 e. The minimum Gasteiger partial charge on any atom is -0.229 e. The van der Waals surface area contributed by atoms with Crippen molar-refractivity contribution in [3.05, 3.63) is 14.5 Å². The lowest BCUT2D eigenvalue weighted by atomic mass is 10.2. The number of aromatic nitrogens is 1. The molecule has 0 unspecified atom stereocenters. The number of nitrogens with zero attached hydrogens (tertiary/aromatic N) is 2. The van der Waals surface area contributed by atoms with E-state index in [-0.39, 0.29) is 0 Å². The summed E-state index contributed by atoms with van der Waals surface area (Å²) in [6.45, 7) is 4.12. The summed E-state index contributed by atoms with van der Waals surface area (Å²) in [5, 5.41) is 9.59. The van der Waals surface area contributed by atoms with Crippen LogP contribution in [0.1, 0.15) is 30.5 Å². The monoisotopic (exact) mass is 230 g/mol. The van der Waals surface area contributed by atoms with E-state index in [1.807, 2.05) is 6.07 Å². The topological polar surface area (TPSA) is 36.7 Å². The molecule has 0 bridgehead atoms. The lowest BCUT2D eigenvalue weighted by Crippen LogP contribution is -1.84. The fourth-order valence-corrected chi connectivity index (χ4v) is 2.05. The second-order valence-electron chi connectivity index (χ2n) is 2.44. The molecular weight excluding hydrogens is 224 g/mol. The van der Waals surface area contributed by atoms with Gasteiger partial charge in [0.2, 0.25) is 0 Å². The average Bonchev–Trinajstić information content (AvgIpc) is 2.31. The van der Waals surface area contributed by atoms with Gasteiger partial charge in [0.1, 0.15) is 9.86 Å². The second kappa shape index (κ2) is 3.33. The highest BCUT2D eigenvalue weighted by atomic mass is 79.9. The number of thiazole rings is 1. The maximum atomic E-state index is 8.58. The average molecular weight is 231 g/mol. The Bertz CT molecular complexity index is 298. The van der Waals surface area contributed by atoms with E-state index in [0.717, 1.165) is 8.79 Å². The van der Waals surface area contributed by atoms with Crippen molar-refractivity contribution in [2.75, 3.05) is 0 Å². The maximum absolute atomic E-state index is 8.58. The summed E-state index contributed by atoms with van der Waals surface area (Å²) >= 11 is 4.81. The fourth-order valence-electron chi connectivity index (χ4n) is 0.633. The van der Waals surface area contributed by atoms with Crippen LogP contribution in [-0.2, 0) is 0 Å². The van der Waals surface area contributed by atoms with Crippen molar-refractivity contribution in [3.63, 3.8) is 0 Å². The van der Waals surface area contributed by atoms with Crippen LogP contribution in [0.4, 0.5) is 0 Å². The number of hydrogen-bond donors (Lipinski definition) is 0. The molecule has 0 aliphatic carbocycles. The molecule has 1 aromatic rings. The van der Waals surface area contributed by atoms with Gasteiger partial charge in [-0.1, -0.05) is 13.8 Å². The van der Waals surface area contributed by atoms with Gasteiger partial charge in [0.05, 0.1) is 5.01 Å². The van der Waals surface area contributed by atoms with E-state index >= 15 is 0 Å². The summed E-state index contributed by atoms with van der Waals surface area (Å²) in [5.41, 5.74) is 0.499. The molecule has 0 spiro atoms. The Kier molecular flexibility index (Phi) is 2.63. The predicted octanol–water partition coefficient (Wildman–Crippen LogP) is 2.90. The van der Waals surface area contributed by atoms with Gasteiger partial charge in [-0.25, -0.2) is 4.98 Å². The van der Waals surface area contributed by atoms with E-state index in [0.29, 0.717) is 11.6 Å². The molecule has 0 fully saturated rings. The van der Waals surface area contributed by atoms with Gasteiger partial charge in [-0.15, -0.1) is 11.3 Å². The van der Waals surface area contributed by atoms with Crippen LogP contribution in [0.5, 0.6) is 0 Å². The Balaban J connectivity index is 3.07. The van der Waals surface area contributed by atoms with Crippen LogP contribution < -0.4 is 0 Å². The molecule has 0 amide bonds. The van der Waals surface area contributed by atoms with E-state index < -0.39 is 0 Å². The van der Waals surface area contributed by atoms with Crippen LogP contribution in [0.15, 0.2) is 3.79 Å². The predicted molar refractivity (Wildman–Crippen MR) is 48.6 cm³/mol. The molecule has 2 nitrogen and oxygen atoms in total. The van der Waals surface area contributed by atoms with E-state index in [1.165, 1.54) is 11.3 Å². The Morgan fingerprint density at radius 2 is 2.27 bits per heavy atom. The van der Waals surface area contributed by atoms with Gasteiger partial charge in [-0.05, 0) is 15.9 Å². The summed E-state index contributed by atoms with van der Waals surface area (Å²) in [6.07, 6.45) is 0. The molecule has 0 aliphatic heterocycles. The van der Waals surface area contributed by atoms with Crippen molar-refractivity contribution in [2.24, 2.45) is 0 Å². The van der Waals surface area contributed by atoms with Crippen LogP contribution in [-0.4, -0.2) is 4.98 Å². The minimum atomic E-state index is 0.401. The zero-order valence-corrected chi connectivity index (χ0v) is 8.66. The Hall–Kier alpha value is -0.400. The SMILES string of the molecule is CC(C)c1nc(C#N)c(Br)s1. The molecule has 0 saturated heterocycles. The summed E-state index contributed by atoms with van der Waals surface area (Å²) in [5.74, 6) is 0.401. The second-order valence-corrected chi connectivity index (χ2v) is 4.79. The van der Waals surface area contributed by atoms with Crippen LogP contribution in [0.3, 0.4) is 0 Å². The maximum Gasteiger partial charge on any atom is 0.165 e. The first kappa shape index (κ1) is 8.69. The Labute approximate surface area is 78.0 Å². The molecule has 0 atom stereocenters. The summed E-state index contributed by atoms with van der Waals surface area (Å²) in [6, 6.07) is 2.02. The summed E-state index contributed by atoms with van der Waals surface area (Å²) in [7, 11) is 0. The van der Waals surface area contributed by atoms with Crippen molar-refractivity contribution in [1.29, 1.82) is 5.26 Å².